The standard InChI is InChI=1S/C13H9BrN2OS/c14-11-5-6-18-12(11)8-16-13(17)10-3-1-9(7-15)2-4-10/h1-6H,8H2,(H,16,17). The minimum atomic E-state index is -0.139. The van der Waals surface area contributed by atoms with Crippen molar-refractivity contribution in [1.82, 2.24) is 5.32 Å². The van der Waals surface area contributed by atoms with Crippen LogP contribution in [-0.4, -0.2) is 5.91 Å². The van der Waals surface area contributed by atoms with Crippen molar-refractivity contribution in [3.8, 4) is 6.07 Å². The second kappa shape index (κ2) is 5.80. The average Bonchev–Trinajstić information content (AvgIpc) is 2.81. The fourth-order valence-electron chi connectivity index (χ4n) is 1.41. The molecule has 90 valence electrons. The van der Waals surface area contributed by atoms with Crippen molar-refractivity contribution in [3.63, 3.8) is 0 Å². The van der Waals surface area contributed by atoms with Crippen molar-refractivity contribution in [1.29, 1.82) is 5.26 Å². The number of nitrogens with zero attached hydrogens (tertiary/aromatic N) is 1. The van der Waals surface area contributed by atoms with Gasteiger partial charge in [-0.2, -0.15) is 5.26 Å². The molecule has 0 spiro atoms. The van der Waals surface area contributed by atoms with Crippen LogP contribution in [0.3, 0.4) is 0 Å². The monoisotopic (exact) mass is 320 g/mol. The van der Waals surface area contributed by atoms with E-state index in [1.807, 2.05) is 17.5 Å². The summed E-state index contributed by atoms with van der Waals surface area (Å²) in [6.07, 6.45) is 0. The number of benzene rings is 1. The number of hydrogen-bond donors (Lipinski definition) is 1. The van der Waals surface area contributed by atoms with E-state index in [1.165, 1.54) is 0 Å². The van der Waals surface area contributed by atoms with Gasteiger partial charge in [0.05, 0.1) is 18.2 Å². The first-order chi connectivity index (χ1) is 8.70. The van der Waals surface area contributed by atoms with Gasteiger partial charge in [0.1, 0.15) is 0 Å². The van der Waals surface area contributed by atoms with Crippen LogP contribution in [0.15, 0.2) is 40.2 Å². The lowest BCUT2D eigenvalue weighted by Gasteiger charge is -2.04. The zero-order chi connectivity index (χ0) is 13.0. The molecule has 1 heterocycles. The van der Waals surface area contributed by atoms with Crippen molar-refractivity contribution < 1.29 is 4.79 Å². The van der Waals surface area contributed by atoms with Gasteiger partial charge >= 0.3 is 0 Å². The van der Waals surface area contributed by atoms with Crippen molar-refractivity contribution in [3.05, 3.63) is 56.2 Å². The fourth-order valence-corrected chi connectivity index (χ4v) is 2.84. The molecule has 0 fully saturated rings. The summed E-state index contributed by atoms with van der Waals surface area (Å²) in [5, 5.41) is 13.5. The summed E-state index contributed by atoms with van der Waals surface area (Å²) in [6, 6.07) is 10.5. The maximum absolute atomic E-state index is 11.8. The van der Waals surface area contributed by atoms with Crippen LogP contribution in [0.2, 0.25) is 0 Å². The molecular weight excluding hydrogens is 312 g/mol. The first-order valence-corrected chi connectivity index (χ1v) is 6.88. The molecule has 0 bridgehead atoms. The van der Waals surface area contributed by atoms with Gasteiger partial charge in [0.15, 0.2) is 0 Å². The quantitative estimate of drug-likeness (QED) is 0.943. The molecule has 1 aromatic heterocycles. The molecule has 1 amide bonds. The first kappa shape index (κ1) is 12.8. The Labute approximate surface area is 117 Å². The lowest BCUT2D eigenvalue weighted by molar-refractivity contribution is 0.0951. The number of amides is 1. The maximum atomic E-state index is 11.8. The van der Waals surface area contributed by atoms with Gasteiger partial charge in [-0.25, -0.2) is 0 Å². The third-order valence-corrected chi connectivity index (χ3v) is 4.30. The molecule has 1 aromatic carbocycles. The summed E-state index contributed by atoms with van der Waals surface area (Å²) in [5.41, 5.74) is 1.11. The lowest BCUT2D eigenvalue weighted by Crippen LogP contribution is -2.22. The SMILES string of the molecule is N#Cc1ccc(C(=O)NCc2sccc2Br)cc1. The Morgan fingerprint density at radius 1 is 1.33 bits per heavy atom. The largest absolute Gasteiger partial charge is 0.347 e. The van der Waals surface area contributed by atoms with E-state index in [9.17, 15) is 4.79 Å². The van der Waals surface area contributed by atoms with Gasteiger partial charge < -0.3 is 5.32 Å². The van der Waals surface area contributed by atoms with Crippen LogP contribution in [0.4, 0.5) is 0 Å². The van der Waals surface area contributed by atoms with E-state index < -0.39 is 0 Å². The van der Waals surface area contributed by atoms with Gasteiger partial charge in [0.2, 0.25) is 0 Å². The Kier molecular flexibility index (Phi) is 4.13. The summed E-state index contributed by atoms with van der Waals surface area (Å²) >= 11 is 5.00. The van der Waals surface area contributed by atoms with Crippen LogP contribution in [-0.2, 0) is 6.54 Å². The number of carbonyl (C=O) groups excluding carboxylic acids is 1. The molecule has 18 heavy (non-hydrogen) atoms. The van der Waals surface area contributed by atoms with E-state index in [-0.39, 0.29) is 5.91 Å². The lowest BCUT2D eigenvalue weighted by atomic mass is 10.1. The topological polar surface area (TPSA) is 52.9 Å². The number of thiophene rings is 1. The summed E-state index contributed by atoms with van der Waals surface area (Å²) < 4.78 is 1.01. The van der Waals surface area contributed by atoms with Crippen LogP contribution in [0.5, 0.6) is 0 Å². The molecular formula is C13H9BrN2OS. The molecule has 0 aliphatic carbocycles. The Hall–Kier alpha value is -1.64. The van der Waals surface area contributed by atoms with Gasteiger partial charge in [0.25, 0.3) is 5.91 Å². The van der Waals surface area contributed by atoms with E-state index in [2.05, 4.69) is 21.2 Å². The minimum absolute atomic E-state index is 0.139. The van der Waals surface area contributed by atoms with Crippen molar-refractivity contribution >= 4 is 33.2 Å². The van der Waals surface area contributed by atoms with Crippen LogP contribution in [0.25, 0.3) is 0 Å². The molecule has 5 heteroatoms. The Balaban J connectivity index is 2.00. The maximum Gasteiger partial charge on any atom is 0.251 e. The van der Waals surface area contributed by atoms with Crippen LogP contribution >= 0.6 is 27.3 Å². The zero-order valence-corrected chi connectivity index (χ0v) is 11.7. The summed E-state index contributed by atoms with van der Waals surface area (Å²) in [6.45, 7) is 0.497. The fraction of sp³-hybridized carbons (Fsp3) is 0.0769. The van der Waals surface area contributed by atoms with Gasteiger partial charge in [-0.15, -0.1) is 11.3 Å². The predicted molar refractivity (Wildman–Crippen MR) is 74.3 cm³/mol. The summed E-state index contributed by atoms with van der Waals surface area (Å²) in [7, 11) is 0. The third-order valence-electron chi connectivity index (χ3n) is 2.38. The number of nitriles is 1. The van der Waals surface area contributed by atoms with Crippen molar-refractivity contribution in [2.45, 2.75) is 6.54 Å². The van der Waals surface area contributed by atoms with Gasteiger partial charge in [0, 0.05) is 14.9 Å². The predicted octanol–water partition coefficient (Wildman–Crippen LogP) is 3.31. The van der Waals surface area contributed by atoms with Crippen LogP contribution < -0.4 is 5.32 Å². The van der Waals surface area contributed by atoms with Gasteiger partial charge in [-0.05, 0) is 51.6 Å². The molecule has 0 atom stereocenters. The molecule has 3 nitrogen and oxygen atoms in total. The number of hydrogen-bond acceptors (Lipinski definition) is 3. The van der Waals surface area contributed by atoms with Crippen LogP contribution in [0.1, 0.15) is 20.8 Å². The summed E-state index contributed by atoms with van der Waals surface area (Å²) in [4.78, 5) is 12.9. The van der Waals surface area contributed by atoms with E-state index >= 15 is 0 Å². The molecule has 0 aliphatic rings. The highest BCUT2D eigenvalue weighted by Gasteiger charge is 2.07. The normalized spacial score (nSPS) is 9.78. The molecule has 2 aromatic rings. The molecule has 0 saturated carbocycles. The highest BCUT2D eigenvalue weighted by Crippen LogP contribution is 2.22. The number of rotatable bonds is 3. The van der Waals surface area contributed by atoms with E-state index in [0.29, 0.717) is 17.7 Å². The van der Waals surface area contributed by atoms with Crippen molar-refractivity contribution in [2.24, 2.45) is 0 Å². The second-order valence-electron chi connectivity index (χ2n) is 3.56. The Morgan fingerprint density at radius 2 is 2.06 bits per heavy atom. The molecule has 1 N–H and O–H groups in total. The highest BCUT2D eigenvalue weighted by atomic mass is 79.9. The molecule has 0 unspecified atom stereocenters. The van der Waals surface area contributed by atoms with Gasteiger partial charge in [-0.1, -0.05) is 0 Å². The summed E-state index contributed by atoms with van der Waals surface area (Å²) in [5.74, 6) is -0.139. The number of carbonyl (C=O) groups is 1. The molecule has 0 saturated heterocycles. The Morgan fingerprint density at radius 3 is 2.61 bits per heavy atom. The van der Waals surface area contributed by atoms with E-state index in [4.69, 9.17) is 5.26 Å². The zero-order valence-electron chi connectivity index (χ0n) is 9.31. The Bertz CT molecular complexity index is 598. The highest BCUT2D eigenvalue weighted by molar-refractivity contribution is 9.10. The minimum Gasteiger partial charge on any atom is -0.347 e. The van der Waals surface area contributed by atoms with Gasteiger partial charge in [-0.3, -0.25) is 4.79 Å². The second-order valence-corrected chi connectivity index (χ2v) is 5.42. The van der Waals surface area contributed by atoms with E-state index in [1.54, 1.807) is 35.6 Å². The average molecular weight is 321 g/mol. The molecule has 0 radical (unpaired) electrons. The number of halogens is 1. The van der Waals surface area contributed by atoms with E-state index in [0.717, 1.165) is 9.35 Å². The smallest absolute Gasteiger partial charge is 0.251 e. The molecule has 0 aliphatic heterocycles. The van der Waals surface area contributed by atoms with Crippen LogP contribution in [0, 0.1) is 11.3 Å². The van der Waals surface area contributed by atoms with Crippen molar-refractivity contribution in [2.75, 3.05) is 0 Å². The molecule has 2 rings (SSSR count). The first-order valence-electron chi connectivity index (χ1n) is 5.21. The third kappa shape index (κ3) is 2.97. The number of nitrogens with one attached hydrogen (secondary N) is 1.